The average molecular weight is 541 g/mol. The molecule has 206 valence electrons. The van der Waals surface area contributed by atoms with Gasteiger partial charge < -0.3 is 15.4 Å². The molecule has 2 N–H and O–H groups in total. The van der Waals surface area contributed by atoms with E-state index in [9.17, 15) is 22.8 Å². The van der Waals surface area contributed by atoms with Gasteiger partial charge in [0, 0.05) is 32.2 Å². The first-order chi connectivity index (χ1) is 18.3. The van der Waals surface area contributed by atoms with E-state index >= 15 is 0 Å². The number of amides is 1. The Morgan fingerprint density at radius 1 is 1.21 bits per heavy atom. The minimum atomic E-state index is -4.46. The van der Waals surface area contributed by atoms with Gasteiger partial charge in [0.2, 0.25) is 0 Å². The molecule has 1 saturated heterocycles. The van der Waals surface area contributed by atoms with Gasteiger partial charge in [-0.05, 0) is 60.6 Å². The number of ether oxygens (including phenoxy) is 1. The molecule has 0 saturated carbocycles. The summed E-state index contributed by atoms with van der Waals surface area (Å²) in [5, 5.41) is 4.82. The van der Waals surface area contributed by atoms with E-state index < -0.39 is 11.7 Å². The molecule has 1 fully saturated rings. The fourth-order valence-electron chi connectivity index (χ4n) is 5.49. The van der Waals surface area contributed by atoms with E-state index in [1.807, 2.05) is 13.8 Å². The van der Waals surface area contributed by atoms with Gasteiger partial charge in [0.15, 0.2) is 5.78 Å². The minimum absolute atomic E-state index is 0.000976. The topological polar surface area (TPSA) is 90.5 Å². The maximum absolute atomic E-state index is 13.2. The number of nitrogen functional groups attached to an aromatic ring is 1. The second-order valence-corrected chi connectivity index (χ2v) is 11.2. The van der Waals surface area contributed by atoms with Crippen LogP contribution in [0.3, 0.4) is 0 Å². The first-order valence-corrected chi connectivity index (χ1v) is 12.9. The van der Waals surface area contributed by atoms with Gasteiger partial charge in [-0.1, -0.05) is 26.0 Å². The summed E-state index contributed by atoms with van der Waals surface area (Å²) in [6, 6.07) is 9.76. The normalized spacial score (nSPS) is 18.7. The van der Waals surface area contributed by atoms with Gasteiger partial charge in [-0.2, -0.15) is 18.3 Å². The van der Waals surface area contributed by atoms with E-state index in [2.05, 4.69) is 0 Å². The highest BCUT2D eigenvalue weighted by molar-refractivity contribution is 6.00. The number of carbonyl (C=O) groups is 2. The summed E-state index contributed by atoms with van der Waals surface area (Å²) >= 11 is 0. The number of anilines is 1. The number of hydrogen-bond acceptors (Lipinski definition) is 5. The quantitative estimate of drug-likeness (QED) is 0.416. The van der Waals surface area contributed by atoms with Gasteiger partial charge in [-0.3, -0.25) is 9.59 Å². The Hall–Kier alpha value is -3.66. The molecule has 0 spiro atoms. The van der Waals surface area contributed by atoms with Crippen LogP contribution in [0.4, 0.5) is 18.9 Å². The number of fused-ring (bicyclic) bond motifs is 1. The molecule has 2 heterocycles. The van der Waals surface area contributed by atoms with Crippen molar-refractivity contribution in [3.05, 3.63) is 76.1 Å². The van der Waals surface area contributed by atoms with Crippen molar-refractivity contribution in [3.8, 4) is 5.69 Å². The molecule has 0 radical (unpaired) electrons. The van der Waals surface area contributed by atoms with Gasteiger partial charge >= 0.3 is 6.18 Å². The van der Waals surface area contributed by atoms with E-state index in [0.717, 1.165) is 30.7 Å². The van der Waals surface area contributed by atoms with Crippen molar-refractivity contribution in [2.75, 3.05) is 19.4 Å². The number of halogens is 3. The number of carbonyl (C=O) groups excluding carboxylic acids is 2. The summed E-state index contributed by atoms with van der Waals surface area (Å²) in [4.78, 5) is 27.7. The Morgan fingerprint density at radius 2 is 1.97 bits per heavy atom. The number of ketones is 1. The summed E-state index contributed by atoms with van der Waals surface area (Å²) in [6.45, 7) is 4.71. The molecule has 0 bridgehead atoms. The Balaban J connectivity index is 1.44. The van der Waals surface area contributed by atoms with Crippen molar-refractivity contribution in [3.63, 3.8) is 0 Å². The number of alkyl halides is 3. The molecule has 1 aromatic heterocycles. The van der Waals surface area contributed by atoms with Gasteiger partial charge in [-0.25, -0.2) is 4.68 Å². The number of nitrogens with zero attached hydrogens (tertiary/aromatic N) is 3. The maximum atomic E-state index is 13.2. The summed E-state index contributed by atoms with van der Waals surface area (Å²) in [5.74, 6) is -0.343. The highest BCUT2D eigenvalue weighted by Crippen LogP contribution is 2.41. The zero-order chi connectivity index (χ0) is 28.1. The van der Waals surface area contributed by atoms with E-state index in [1.54, 1.807) is 22.9 Å². The molecule has 2 aliphatic rings. The second kappa shape index (κ2) is 9.82. The fraction of sp³-hybridized carbons (Fsp3) is 0.414. The number of rotatable bonds is 5. The highest BCUT2D eigenvalue weighted by Gasteiger charge is 2.39. The Morgan fingerprint density at radius 3 is 2.64 bits per heavy atom. The van der Waals surface area contributed by atoms with Gasteiger partial charge in [0.25, 0.3) is 5.91 Å². The van der Waals surface area contributed by atoms with Crippen LogP contribution in [0.2, 0.25) is 0 Å². The summed E-state index contributed by atoms with van der Waals surface area (Å²) in [6.07, 6.45) is -1.95. The third-order valence-electron chi connectivity index (χ3n) is 7.33. The molecule has 1 aliphatic carbocycles. The molecule has 7 nitrogen and oxygen atoms in total. The van der Waals surface area contributed by atoms with Crippen molar-refractivity contribution in [1.82, 2.24) is 14.7 Å². The lowest BCUT2D eigenvalue weighted by molar-refractivity contribution is -0.137. The average Bonchev–Trinajstić information content (AvgIpc) is 3.51. The van der Waals surface area contributed by atoms with Crippen LogP contribution in [-0.2, 0) is 23.9 Å². The van der Waals surface area contributed by atoms with Crippen molar-refractivity contribution >= 4 is 17.4 Å². The molecule has 39 heavy (non-hydrogen) atoms. The lowest BCUT2D eigenvalue weighted by Crippen LogP contribution is -2.28. The maximum Gasteiger partial charge on any atom is 0.416 e. The molecule has 5 rings (SSSR count). The predicted molar refractivity (Wildman–Crippen MR) is 140 cm³/mol. The van der Waals surface area contributed by atoms with Crippen LogP contribution >= 0.6 is 0 Å². The Labute approximate surface area is 224 Å². The van der Waals surface area contributed by atoms with E-state index in [4.69, 9.17) is 15.6 Å². The summed E-state index contributed by atoms with van der Waals surface area (Å²) < 4.78 is 46.8. The van der Waals surface area contributed by atoms with Gasteiger partial charge in [0.1, 0.15) is 11.8 Å². The van der Waals surface area contributed by atoms with Crippen LogP contribution in [0.5, 0.6) is 0 Å². The number of nitrogens with two attached hydrogens (primary N) is 1. The molecule has 10 heteroatoms. The van der Waals surface area contributed by atoms with Crippen LogP contribution in [-0.4, -0.2) is 40.0 Å². The summed E-state index contributed by atoms with van der Waals surface area (Å²) in [7, 11) is 1.53. The lowest BCUT2D eigenvalue weighted by atomic mass is 9.75. The van der Waals surface area contributed by atoms with Crippen molar-refractivity contribution in [2.45, 2.75) is 58.4 Å². The molecule has 1 amide bonds. The first kappa shape index (κ1) is 26.9. The van der Waals surface area contributed by atoms with Gasteiger partial charge in [-0.15, -0.1) is 0 Å². The summed E-state index contributed by atoms with van der Waals surface area (Å²) in [5.41, 5.74) is 8.98. The third kappa shape index (κ3) is 5.30. The van der Waals surface area contributed by atoms with Crippen LogP contribution < -0.4 is 5.73 Å². The number of benzene rings is 2. The number of hydrogen-bond donors (Lipinski definition) is 1. The zero-order valence-corrected chi connectivity index (χ0v) is 22.1. The zero-order valence-electron chi connectivity index (χ0n) is 22.1. The van der Waals surface area contributed by atoms with Crippen LogP contribution in [0.15, 0.2) is 42.5 Å². The standard InChI is InChI=1S/C29H31F3N4O3/c1-28(2)14-22-25(23(37)15-28)26(24-8-5-11-39-24)34-36(22)21-10-9-18(13-20(21)33)27(38)35(3)16-17-6-4-7-19(12-17)29(30,31)32/h4,6-7,9-10,12-13,24H,5,8,11,14-16,33H2,1-3H3. The SMILES string of the molecule is CN(Cc1cccc(C(F)(F)F)c1)C(=O)c1ccc(-n2nc(C3CCCO3)c3c2CC(C)(C)CC3=O)c(N)c1. The van der Waals surface area contributed by atoms with Crippen molar-refractivity contribution in [2.24, 2.45) is 5.41 Å². The molecule has 3 aromatic rings. The van der Waals surface area contributed by atoms with Crippen molar-refractivity contribution in [1.29, 1.82) is 0 Å². The molecular formula is C29H31F3N4O3. The molecule has 1 atom stereocenters. The Bertz CT molecular complexity index is 1440. The Kier molecular flexibility index (Phi) is 6.78. The smallest absolute Gasteiger partial charge is 0.397 e. The van der Waals surface area contributed by atoms with Crippen LogP contribution in [0.25, 0.3) is 5.69 Å². The third-order valence-corrected chi connectivity index (χ3v) is 7.33. The van der Waals surface area contributed by atoms with Crippen LogP contribution in [0, 0.1) is 5.41 Å². The lowest BCUT2D eigenvalue weighted by Gasteiger charge is -2.29. The van der Waals surface area contributed by atoms with Crippen molar-refractivity contribution < 1.29 is 27.5 Å². The molecule has 1 aliphatic heterocycles. The molecule has 1 unspecified atom stereocenters. The van der Waals surface area contributed by atoms with Crippen LogP contribution in [0.1, 0.15) is 82.4 Å². The van der Waals surface area contributed by atoms with E-state index in [1.165, 1.54) is 24.1 Å². The predicted octanol–water partition coefficient (Wildman–Crippen LogP) is 5.75. The first-order valence-electron chi connectivity index (χ1n) is 12.9. The highest BCUT2D eigenvalue weighted by atomic mass is 19.4. The number of Topliss-reactive ketones (excluding diaryl/α,β-unsaturated/α-hetero) is 1. The largest absolute Gasteiger partial charge is 0.416 e. The second-order valence-electron chi connectivity index (χ2n) is 11.2. The minimum Gasteiger partial charge on any atom is -0.397 e. The van der Waals surface area contributed by atoms with E-state index in [-0.39, 0.29) is 29.8 Å². The monoisotopic (exact) mass is 540 g/mol. The molecular weight excluding hydrogens is 509 g/mol. The molecule has 2 aromatic carbocycles. The van der Waals surface area contributed by atoms with E-state index in [0.29, 0.717) is 53.2 Å². The fourth-order valence-corrected chi connectivity index (χ4v) is 5.49. The number of aromatic nitrogens is 2. The van der Waals surface area contributed by atoms with Gasteiger partial charge in [0.05, 0.1) is 28.2 Å².